The van der Waals surface area contributed by atoms with Crippen LogP contribution in [0.2, 0.25) is 0 Å². The lowest BCUT2D eigenvalue weighted by molar-refractivity contribution is 0.415. The van der Waals surface area contributed by atoms with E-state index in [1.807, 2.05) is 41.3 Å². The van der Waals surface area contributed by atoms with Gasteiger partial charge in [0.2, 0.25) is 0 Å². The van der Waals surface area contributed by atoms with E-state index in [0.717, 1.165) is 22.3 Å². The summed E-state index contributed by atoms with van der Waals surface area (Å²) in [6.07, 6.45) is 0. The Morgan fingerprint density at radius 2 is 2.00 bits per heavy atom. The molecule has 0 aliphatic rings. The van der Waals surface area contributed by atoms with Crippen LogP contribution < -0.4 is 4.74 Å². The number of rotatable bonds is 5. The number of hydrogen-bond donors (Lipinski definition) is 0. The molecule has 0 N–H and O–H groups in total. The molecule has 2 heterocycles. The number of methoxy groups -OCH3 is 1. The van der Waals surface area contributed by atoms with E-state index in [-0.39, 0.29) is 5.82 Å². The highest BCUT2D eigenvalue weighted by Gasteiger charge is 2.12. The second-order valence-corrected chi connectivity index (χ2v) is 6.31. The second-order valence-electron chi connectivity index (χ2n) is 4.63. The lowest BCUT2D eigenvalue weighted by Gasteiger charge is -2.04. The first-order chi connectivity index (χ1) is 10.7. The van der Waals surface area contributed by atoms with E-state index < -0.39 is 0 Å². The number of nitrogens with zero attached hydrogens (tertiary/aromatic N) is 3. The van der Waals surface area contributed by atoms with Gasteiger partial charge in [0.05, 0.1) is 7.11 Å². The van der Waals surface area contributed by atoms with Gasteiger partial charge in [0.1, 0.15) is 11.6 Å². The van der Waals surface area contributed by atoms with Gasteiger partial charge in [0.25, 0.3) is 0 Å². The van der Waals surface area contributed by atoms with Crippen molar-refractivity contribution in [1.82, 2.24) is 14.8 Å². The highest BCUT2D eigenvalue weighted by atomic mass is 32.2. The molecule has 3 rings (SSSR count). The third-order valence-corrected chi connectivity index (χ3v) is 5.06. The summed E-state index contributed by atoms with van der Waals surface area (Å²) in [4.78, 5) is 0. The van der Waals surface area contributed by atoms with Crippen LogP contribution in [0, 0.1) is 5.82 Å². The third-order valence-electron chi connectivity index (χ3n) is 3.23. The van der Waals surface area contributed by atoms with Crippen molar-refractivity contribution in [3.05, 3.63) is 46.4 Å². The molecular weight excluding hydrogens is 321 g/mol. The van der Waals surface area contributed by atoms with E-state index in [9.17, 15) is 4.39 Å². The van der Waals surface area contributed by atoms with Crippen LogP contribution >= 0.6 is 23.1 Å². The van der Waals surface area contributed by atoms with Crippen LogP contribution in [0.3, 0.4) is 0 Å². The van der Waals surface area contributed by atoms with E-state index >= 15 is 0 Å². The Bertz CT molecular complexity index is 767. The molecule has 0 aliphatic heterocycles. The SMILES string of the molecule is COc1ccc(-c2nnc(SCc3cscc3F)n2C)cc1. The van der Waals surface area contributed by atoms with E-state index in [0.29, 0.717) is 11.3 Å². The van der Waals surface area contributed by atoms with Crippen LogP contribution in [0.5, 0.6) is 5.75 Å². The van der Waals surface area contributed by atoms with Crippen molar-refractivity contribution in [2.75, 3.05) is 7.11 Å². The monoisotopic (exact) mass is 335 g/mol. The molecule has 114 valence electrons. The van der Waals surface area contributed by atoms with Gasteiger partial charge in [-0.25, -0.2) is 4.39 Å². The van der Waals surface area contributed by atoms with Crippen LogP contribution in [-0.2, 0) is 12.8 Å². The molecule has 0 fully saturated rings. The largest absolute Gasteiger partial charge is 0.497 e. The molecule has 0 saturated carbocycles. The molecule has 2 aromatic heterocycles. The molecule has 1 aromatic carbocycles. The molecule has 0 unspecified atom stereocenters. The average Bonchev–Trinajstić information content (AvgIpc) is 3.11. The van der Waals surface area contributed by atoms with Gasteiger partial charge in [-0.2, -0.15) is 0 Å². The maximum absolute atomic E-state index is 13.4. The van der Waals surface area contributed by atoms with Crippen molar-refractivity contribution in [2.24, 2.45) is 7.05 Å². The Hall–Kier alpha value is -1.86. The van der Waals surface area contributed by atoms with Crippen molar-refractivity contribution in [2.45, 2.75) is 10.9 Å². The number of benzene rings is 1. The van der Waals surface area contributed by atoms with Crippen LogP contribution in [0.15, 0.2) is 40.2 Å². The lowest BCUT2D eigenvalue weighted by Crippen LogP contribution is -1.95. The van der Waals surface area contributed by atoms with Gasteiger partial charge in [-0.15, -0.1) is 21.5 Å². The molecule has 0 saturated heterocycles. The summed E-state index contributed by atoms with van der Waals surface area (Å²) >= 11 is 2.84. The number of aromatic nitrogens is 3. The maximum Gasteiger partial charge on any atom is 0.191 e. The summed E-state index contributed by atoms with van der Waals surface area (Å²) in [7, 11) is 3.54. The summed E-state index contributed by atoms with van der Waals surface area (Å²) in [5.74, 6) is 1.96. The summed E-state index contributed by atoms with van der Waals surface area (Å²) in [6.45, 7) is 0. The number of halogens is 1. The van der Waals surface area contributed by atoms with Crippen LogP contribution in [-0.4, -0.2) is 21.9 Å². The highest BCUT2D eigenvalue weighted by molar-refractivity contribution is 7.98. The Labute approximate surface area is 136 Å². The molecule has 7 heteroatoms. The smallest absolute Gasteiger partial charge is 0.191 e. The van der Waals surface area contributed by atoms with Crippen molar-refractivity contribution in [1.29, 1.82) is 0 Å². The van der Waals surface area contributed by atoms with Crippen LogP contribution in [0.1, 0.15) is 5.56 Å². The Kier molecular flexibility index (Phi) is 4.44. The molecular formula is C15H14FN3OS2. The number of ether oxygens (including phenoxy) is 1. The van der Waals surface area contributed by atoms with Crippen LogP contribution in [0.25, 0.3) is 11.4 Å². The quantitative estimate of drug-likeness (QED) is 0.661. The second kappa shape index (κ2) is 6.50. The zero-order valence-electron chi connectivity index (χ0n) is 12.1. The summed E-state index contributed by atoms with van der Waals surface area (Å²) in [5.41, 5.74) is 1.66. The summed E-state index contributed by atoms with van der Waals surface area (Å²) in [6, 6.07) is 7.65. The topological polar surface area (TPSA) is 39.9 Å². The summed E-state index contributed by atoms with van der Waals surface area (Å²) < 4.78 is 20.5. The standard InChI is InChI=1S/C15H14FN3OS2/c1-19-14(10-3-5-12(20-2)6-4-10)17-18-15(19)22-8-11-7-21-9-13(11)16/h3-7,9H,8H2,1-2H3. The first-order valence-electron chi connectivity index (χ1n) is 6.56. The van der Waals surface area contributed by atoms with Gasteiger partial charge in [0, 0.05) is 29.3 Å². The fourth-order valence-corrected chi connectivity index (χ4v) is 3.67. The normalized spacial score (nSPS) is 10.9. The highest BCUT2D eigenvalue weighted by Crippen LogP contribution is 2.27. The third kappa shape index (κ3) is 3.00. The number of thiophene rings is 1. The van der Waals surface area contributed by atoms with E-state index in [1.54, 1.807) is 7.11 Å². The number of hydrogen-bond acceptors (Lipinski definition) is 5. The molecule has 0 radical (unpaired) electrons. The minimum atomic E-state index is -0.157. The molecule has 3 aromatic rings. The molecule has 4 nitrogen and oxygen atoms in total. The first-order valence-corrected chi connectivity index (χ1v) is 8.49. The molecule has 0 amide bonds. The van der Waals surface area contributed by atoms with Crippen molar-refractivity contribution in [3.8, 4) is 17.1 Å². The minimum absolute atomic E-state index is 0.157. The van der Waals surface area contributed by atoms with Gasteiger partial charge in [0.15, 0.2) is 11.0 Å². The Balaban J connectivity index is 1.77. The molecule has 22 heavy (non-hydrogen) atoms. The van der Waals surface area contributed by atoms with Crippen molar-refractivity contribution < 1.29 is 9.13 Å². The Morgan fingerprint density at radius 3 is 2.64 bits per heavy atom. The van der Waals surface area contributed by atoms with Crippen molar-refractivity contribution in [3.63, 3.8) is 0 Å². The van der Waals surface area contributed by atoms with Gasteiger partial charge >= 0.3 is 0 Å². The van der Waals surface area contributed by atoms with Crippen LogP contribution in [0.4, 0.5) is 4.39 Å². The van der Waals surface area contributed by atoms with Crippen molar-refractivity contribution >= 4 is 23.1 Å². The zero-order chi connectivity index (χ0) is 15.5. The van der Waals surface area contributed by atoms with Gasteiger partial charge < -0.3 is 9.30 Å². The zero-order valence-corrected chi connectivity index (χ0v) is 13.7. The minimum Gasteiger partial charge on any atom is -0.497 e. The molecule has 0 aliphatic carbocycles. The predicted molar refractivity (Wildman–Crippen MR) is 86.8 cm³/mol. The van der Waals surface area contributed by atoms with Gasteiger partial charge in [-0.1, -0.05) is 11.8 Å². The average molecular weight is 335 g/mol. The summed E-state index contributed by atoms with van der Waals surface area (Å²) in [5, 5.41) is 12.5. The fourth-order valence-electron chi connectivity index (χ4n) is 1.99. The Morgan fingerprint density at radius 1 is 1.23 bits per heavy atom. The first kappa shape index (κ1) is 15.1. The molecule has 0 atom stereocenters. The van der Waals surface area contributed by atoms with E-state index in [4.69, 9.17) is 4.74 Å². The fraction of sp³-hybridized carbons (Fsp3) is 0.200. The maximum atomic E-state index is 13.4. The molecule has 0 spiro atoms. The predicted octanol–water partition coefficient (Wildman–Crippen LogP) is 3.98. The molecule has 0 bridgehead atoms. The van der Waals surface area contributed by atoms with E-state index in [2.05, 4.69) is 10.2 Å². The van der Waals surface area contributed by atoms with E-state index in [1.165, 1.54) is 28.5 Å². The number of thioether (sulfide) groups is 1. The van der Waals surface area contributed by atoms with Gasteiger partial charge in [-0.3, -0.25) is 0 Å². The van der Waals surface area contributed by atoms with Gasteiger partial charge in [-0.05, 0) is 29.6 Å². The lowest BCUT2D eigenvalue weighted by atomic mass is 10.2.